The van der Waals surface area contributed by atoms with E-state index in [1.807, 2.05) is 5.48 Å². The minimum Gasteiger partial charge on any atom is -0.494 e. The average molecular weight is 157 g/mol. The molecular weight excluding hydrogens is 149 g/mol. The van der Waals surface area contributed by atoms with Crippen molar-refractivity contribution in [3.63, 3.8) is 0 Å². The molecule has 0 aliphatic rings. The molecule has 11 heavy (non-hydrogen) atoms. The molecule has 0 saturated heterocycles. The number of hydrogen-bond donors (Lipinski definition) is 2. The molecule has 0 spiro atoms. The maximum Gasteiger partial charge on any atom is 0.147 e. The van der Waals surface area contributed by atoms with Crippen molar-refractivity contribution in [1.82, 2.24) is 0 Å². The van der Waals surface area contributed by atoms with E-state index in [0.29, 0.717) is 5.69 Å². The van der Waals surface area contributed by atoms with E-state index in [2.05, 4.69) is 0 Å². The van der Waals surface area contributed by atoms with Gasteiger partial charge in [-0.25, -0.2) is 4.39 Å². The van der Waals surface area contributed by atoms with E-state index in [0.717, 1.165) is 0 Å². The molecular formula is C7H8FNO2. The Hall–Kier alpha value is -1.29. The van der Waals surface area contributed by atoms with E-state index in [9.17, 15) is 4.39 Å². The summed E-state index contributed by atoms with van der Waals surface area (Å²) in [7, 11) is 1.40. The van der Waals surface area contributed by atoms with Crippen molar-refractivity contribution in [2.75, 3.05) is 12.6 Å². The molecule has 0 radical (unpaired) electrons. The van der Waals surface area contributed by atoms with E-state index in [-0.39, 0.29) is 5.75 Å². The Bertz CT molecular complexity index is 252. The molecule has 4 heteroatoms. The van der Waals surface area contributed by atoms with Crippen molar-refractivity contribution >= 4 is 5.69 Å². The monoisotopic (exact) mass is 157 g/mol. The smallest absolute Gasteiger partial charge is 0.147 e. The van der Waals surface area contributed by atoms with Gasteiger partial charge in [0.05, 0.1) is 7.11 Å². The molecule has 0 aromatic heterocycles. The Morgan fingerprint density at radius 2 is 2.27 bits per heavy atom. The summed E-state index contributed by atoms with van der Waals surface area (Å²) in [6.07, 6.45) is 0. The van der Waals surface area contributed by atoms with Gasteiger partial charge in [0.2, 0.25) is 0 Å². The second kappa shape index (κ2) is 3.21. The lowest BCUT2D eigenvalue weighted by atomic mass is 10.3. The second-order valence-corrected chi connectivity index (χ2v) is 1.96. The second-order valence-electron chi connectivity index (χ2n) is 1.96. The quantitative estimate of drug-likeness (QED) is 0.641. The molecule has 60 valence electrons. The third-order valence-electron chi connectivity index (χ3n) is 1.28. The first-order valence-corrected chi connectivity index (χ1v) is 3.01. The third kappa shape index (κ3) is 1.59. The molecule has 2 N–H and O–H groups in total. The molecule has 0 aliphatic heterocycles. The number of nitrogens with one attached hydrogen (secondary N) is 1. The predicted molar refractivity (Wildman–Crippen MR) is 38.4 cm³/mol. The molecule has 0 aliphatic carbocycles. The number of ether oxygens (including phenoxy) is 1. The van der Waals surface area contributed by atoms with Crippen molar-refractivity contribution in [3.8, 4) is 5.75 Å². The number of hydrogen-bond acceptors (Lipinski definition) is 3. The Balaban J connectivity index is 3.06. The van der Waals surface area contributed by atoms with Gasteiger partial charge >= 0.3 is 0 Å². The molecule has 0 fully saturated rings. The summed E-state index contributed by atoms with van der Waals surface area (Å²) in [5.41, 5.74) is 2.22. The predicted octanol–water partition coefficient (Wildman–Crippen LogP) is 1.64. The fourth-order valence-electron chi connectivity index (χ4n) is 0.757. The molecule has 0 bridgehead atoms. The van der Waals surface area contributed by atoms with Crippen LogP contribution in [0.1, 0.15) is 0 Å². The van der Waals surface area contributed by atoms with Crippen molar-refractivity contribution in [1.29, 1.82) is 0 Å². The highest BCUT2D eigenvalue weighted by molar-refractivity contribution is 5.54. The number of methoxy groups -OCH3 is 1. The van der Waals surface area contributed by atoms with Crippen molar-refractivity contribution in [2.45, 2.75) is 0 Å². The lowest BCUT2D eigenvalue weighted by molar-refractivity contribution is 0.372. The number of rotatable bonds is 2. The van der Waals surface area contributed by atoms with E-state index in [1.54, 1.807) is 0 Å². The number of halogens is 1. The normalized spacial score (nSPS) is 9.36. The molecule has 0 unspecified atom stereocenters. The highest BCUT2D eigenvalue weighted by Gasteiger charge is 2.01. The van der Waals surface area contributed by atoms with Crippen LogP contribution in [0.15, 0.2) is 18.2 Å². The first-order chi connectivity index (χ1) is 5.27. The van der Waals surface area contributed by atoms with Crippen LogP contribution >= 0.6 is 0 Å². The third-order valence-corrected chi connectivity index (χ3v) is 1.28. The van der Waals surface area contributed by atoms with Crippen LogP contribution in [0, 0.1) is 5.82 Å². The van der Waals surface area contributed by atoms with Crippen molar-refractivity contribution in [3.05, 3.63) is 24.0 Å². The number of anilines is 1. The van der Waals surface area contributed by atoms with Crippen LogP contribution in [0.25, 0.3) is 0 Å². The highest BCUT2D eigenvalue weighted by Crippen LogP contribution is 2.23. The molecule has 3 nitrogen and oxygen atoms in total. The van der Waals surface area contributed by atoms with E-state index < -0.39 is 5.82 Å². The summed E-state index contributed by atoms with van der Waals surface area (Å²) in [5, 5.41) is 8.49. The molecule has 0 amide bonds. The summed E-state index contributed by atoms with van der Waals surface area (Å²) in [4.78, 5) is 0. The average Bonchev–Trinajstić information content (AvgIpc) is 2.04. The molecule has 1 rings (SSSR count). The van der Waals surface area contributed by atoms with Gasteiger partial charge in [0.15, 0.2) is 0 Å². The van der Waals surface area contributed by atoms with Gasteiger partial charge in [-0.05, 0) is 12.1 Å². The maximum atomic E-state index is 12.5. The fraction of sp³-hybridized carbons (Fsp3) is 0.143. The van der Waals surface area contributed by atoms with Crippen molar-refractivity contribution < 1.29 is 14.3 Å². The summed E-state index contributed by atoms with van der Waals surface area (Å²) >= 11 is 0. The van der Waals surface area contributed by atoms with Crippen LogP contribution in [-0.4, -0.2) is 12.3 Å². The van der Waals surface area contributed by atoms with Crippen molar-refractivity contribution in [2.24, 2.45) is 0 Å². The van der Waals surface area contributed by atoms with Crippen LogP contribution in [0.3, 0.4) is 0 Å². The minimum atomic E-state index is -0.402. The van der Waals surface area contributed by atoms with Gasteiger partial charge in [-0.2, -0.15) is 0 Å². The molecule has 0 saturated carbocycles. The van der Waals surface area contributed by atoms with Crippen LogP contribution in [0.2, 0.25) is 0 Å². The zero-order valence-electron chi connectivity index (χ0n) is 5.97. The molecule has 1 aromatic carbocycles. The fourth-order valence-corrected chi connectivity index (χ4v) is 0.757. The molecule has 0 heterocycles. The highest BCUT2D eigenvalue weighted by atomic mass is 19.1. The van der Waals surface area contributed by atoms with Gasteiger partial charge in [0.1, 0.15) is 17.3 Å². The van der Waals surface area contributed by atoms with Crippen LogP contribution in [0.4, 0.5) is 10.1 Å². The molecule has 1 aromatic rings. The van der Waals surface area contributed by atoms with Crippen LogP contribution < -0.4 is 10.2 Å². The maximum absolute atomic E-state index is 12.5. The summed E-state index contributed by atoms with van der Waals surface area (Å²) in [6.45, 7) is 0. The van der Waals surface area contributed by atoms with E-state index in [1.165, 1.54) is 25.3 Å². The summed E-state index contributed by atoms with van der Waals surface area (Å²) in [5.74, 6) is -0.131. The van der Waals surface area contributed by atoms with Crippen LogP contribution in [-0.2, 0) is 0 Å². The lowest BCUT2D eigenvalue weighted by Crippen LogP contribution is -1.94. The first kappa shape index (κ1) is 7.81. The lowest BCUT2D eigenvalue weighted by Gasteiger charge is -2.05. The topological polar surface area (TPSA) is 41.5 Å². The number of benzene rings is 1. The van der Waals surface area contributed by atoms with Gasteiger partial charge in [-0.15, -0.1) is 0 Å². The first-order valence-electron chi connectivity index (χ1n) is 3.01. The van der Waals surface area contributed by atoms with Gasteiger partial charge in [0.25, 0.3) is 0 Å². The van der Waals surface area contributed by atoms with Gasteiger partial charge in [-0.3, -0.25) is 10.7 Å². The minimum absolute atomic E-state index is 0.271. The van der Waals surface area contributed by atoms with Gasteiger partial charge < -0.3 is 4.74 Å². The standard InChI is InChI=1S/C7H8FNO2/c1-11-7-4-5(8)2-3-6(7)9-10/h2-4,9-10H,1H3. The zero-order valence-corrected chi connectivity index (χ0v) is 5.97. The largest absolute Gasteiger partial charge is 0.494 e. The van der Waals surface area contributed by atoms with Gasteiger partial charge in [-0.1, -0.05) is 0 Å². The van der Waals surface area contributed by atoms with Gasteiger partial charge in [0, 0.05) is 6.07 Å². The Kier molecular flexibility index (Phi) is 2.28. The summed E-state index contributed by atoms with van der Waals surface area (Å²) in [6, 6.07) is 3.79. The molecule has 0 atom stereocenters. The summed E-state index contributed by atoms with van der Waals surface area (Å²) < 4.78 is 17.2. The van der Waals surface area contributed by atoms with E-state index >= 15 is 0 Å². The van der Waals surface area contributed by atoms with E-state index in [4.69, 9.17) is 9.94 Å². The Morgan fingerprint density at radius 1 is 1.55 bits per heavy atom. The Morgan fingerprint density at radius 3 is 2.82 bits per heavy atom. The Labute approximate surface area is 63.4 Å². The van der Waals surface area contributed by atoms with Crippen LogP contribution in [0.5, 0.6) is 5.75 Å². The zero-order chi connectivity index (χ0) is 8.27. The SMILES string of the molecule is COc1cc(F)ccc1NO.